The maximum atomic E-state index is 11.5. The van der Waals surface area contributed by atoms with Gasteiger partial charge in [0.15, 0.2) is 5.96 Å². The molecule has 3 N–H and O–H groups in total. The van der Waals surface area contributed by atoms with E-state index in [1.807, 2.05) is 0 Å². The van der Waals surface area contributed by atoms with Crippen molar-refractivity contribution < 1.29 is 4.79 Å². The molecule has 0 atom stereocenters. The third-order valence-electron chi connectivity index (χ3n) is 3.70. The van der Waals surface area contributed by atoms with Crippen LogP contribution in [0.5, 0.6) is 0 Å². The SMILES string of the molecule is CCCNC(=O)CCNC(=NCCN1CCCCC1)NCC.I. The number of guanidine groups is 1. The van der Waals surface area contributed by atoms with Crippen LogP contribution >= 0.6 is 24.0 Å². The summed E-state index contributed by atoms with van der Waals surface area (Å²) in [5.41, 5.74) is 0. The molecule has 0 unspecified atom stereocenters. The van der Waals surface area contributed by atoms with Crippen molar-refractivity contribution in [3.63, 3.8) is 0 Å². The zero-order valence-corrected chi connectivity index (χ0v) is 17.0. The first-order valence-corrected chi connectivity index (χ1v) is 8.77. The lowest BCUT2D eigenvalue weighted by Crippen LogP contribution is -2.40. The van der Waals surface area contributed by atoms with Crippen molar-refractivity contribution in [2.75, 3.05) is 45.8 Å². The molecule has 1 aliphatic heterocycles. The normalized spacial score (nSPS) is 15.7. The van der Waals surface area contributed by atoms with Gasteiger partial charge in [0, 0.05) is 32.6 Å². The predicted molar refractivity (Wildman–Crippen MR) is 108 cm³/mol. The van der Waals surface area contributed by atoms with Gasteiger partial charge in [0.1, 0.15) is 0 Å². The fourth-order valence-corrected chi connectivity index (χ4v) is 2.48. The number of carbonyl (C=O) groups excluding carboxylic acids is 1. The van der Waals surface area contributed by atoms with Gasteiger partial charge in [-0.3, -0.25) is 9.79 Å². The topological polar surface area (TPSA) is 68.8 Å². The Hall–Kier alpha value is -0.570. The molecule has 1 heterocycles. The zero-order chi connectivity index (χ0) is 16.0. The minimum Gasteiger partial charge on any atom is -0.357 e. The number of hydrogen-bond acceptors (Lipinski definition) is 3. The third-order valence-corrected chi connectivity index (χ3v) is 3.70. The van der Waals surface area contributed by atoms with Gasteiger partial charge in [0.25, 0.3) is 0 Å². The summed E-state index contributed by atoms with van der Waals surface area (Å²) in [5.74, 6) is 0.904. The summed E-state index contributed by atoms with van der Waals surface area (Å²) < 4.78 is 0. The Kier molecular flexibility index (Phi) is 14.6. The number of hydrogen-bond donors (Lipinski definition) is 3. The van der Waals surface area contributed by atoms with Crippen molar-refractivity contribution in [1.82, 2.24) is 20.9 Å². The van der Waals surface area contributed by atoms with Gasteiger partial charge in [-0.1, -0.05) is 13.3 Å². The Morgan fingerprint density at radius 1 is 1.04 bits per heavy atom. The van der Waals surface area contributed by atoms with Crippen LogP contribution in [0.25, 0.3) is 0 Å². The van der Waals surface area contributed by atoms with Crippen LogP contribution in [0.2, 0.25) is 0 Å². The highest BCUT2D eigenvalue weighted by Gasteiger charge is 2.09. The molecule has 1 rings (SSSR count). The van der Waals surface area contributed by atoms with E-state index in [-0.39, 0.29) is 29.9 Å². The van der Waals surface area contributed by atoms with Crippen LogP contribution in [0.3, 0.4) is 0 Å². The maximum absolute atomic E-state index is 11.5. The van der Waals surface area contributed by atoms with Crippen LogP contribution in [-0.2, 0) is 4.79 Å². The van der Waals surface area contributed by atoms with E-state index in [2.05, 4.69) is 39.7 Å². The smallest absolute Gasteiger partial charge is 0.221 e. The Morgan fingerprint density at radius 2 is 1.78 bits per heavy atom. The molecule has 7 heteroatoms. The van der Waals surface area contributed by atoms with Gasteiger partial charge in [-0.05, 0) is 39.3 Å². The van der Waals surface area contributed by atoms with Gasteiger partial charge in [0.2, 0.25) is 5.91 Å². The zero-order valence-electron chi connectivity index (χ0n) is 14.7. The molecule has 136 valence electrons. The second-order valence-electron chi connectivity index (χ2n) is 5.69. The average Bonchev–Trinajstić information content (AvgIpc) is 2.54. The molecule has 1 aliphatic rings. The lowest BCUT2D eigenvalue weighted by molar-refractivity contribution is -0.120. The van der Waals surface area contributed by atoms with E-state index in [1.54, 1.807) is 0 Å². The second-order valence-corrected chi connectivity index (χ2v) is 5.69. The molecule has 0 aliphatic carbocycles. The summed E-state index contributed by atoms with van der Waals surface area (Å²) in [5, 5.41) is 9.33. The molecule has 0 bridgehead atoms. The maximum Gasteiger partial charge on any atom is 0.221 e. The van der Waals surface area contributed by atoms with Crippen molar-refractivity contribution in [3.8, 4) is 0 Å². The van der Waals surface area contributed by atoms with Crippen molar-refractivity contribution in [1.29, 1.82) is 0 Å². The first kappa shape index (κ1) is 22.4. The lowest BCUT2D eigenvalue weighted by Gasteiger charge is -2.25. The fraction of sp³-hybridized carbons (Fsp3) is 0.875. The number of nitrogens with zero attached hydrogens (tertiary/aromatic N) is 2. The van der Waals surface area contributed by atoms with Crippen LogP contribution in [0.15, 0.2) is 4.99 Å². The van der Waals surface area contributed by atoms with E-state index < -0.39 is 0 Å². The highest BCUT2D eigenvalue weighted by atomic mass is 127. The quantitative estimate of drug-likeness (QED) is 0.290. The minimum atomic E-state index is 0. The predicted octanol–water partition coefficient (Wildman–Crippen LogP) is 1.56. The first-order valence-electron chi connectivity index (χ1n) is 8.77. The van der Waals surface area contributed by atoms with Crippen LogP contribution in [0, 0.1) is 0 Å². The monoisotopic (exact) mass is 439 g/mol. The average molecular weight is 439 g/mol. The van der Waals surface area contributed by atoms with Crippen molar-refractivity contribution in [2.24, 2.45) is 4.99 Å². The number of halogens is 1. The number of aliphatic imine (C=N–C) groups is 1. The molecule has 1 fully saturated rings. The van der Waals surface area contributed by atoms with Crippen LogP contribution < -0.4 is 16.0 Å². The van der Waals surface area contributed by atoms with Gasteiger partial charge < -0.3 is 20.9 Å². The number of rotatable bonds is 9. The second kappa shape index (κ2) is 15.0. The van der Waals surface area contributed by atoms with Crippen molar-refractivity contribution in [2.45, 2.75) is 46.0 Å². The molecule has 0 aromatic rings. The van der Waals surface area contributed by atoms with E-state index in [0.29, 0.717) is 13.0 Å². The standard InChI is InChI=1S/C16H33N5O.HI/c1-3-9-18-15(22)8-10-19-16(17-4-2)20-11-14-21-12-6-5-7-13-21;/h3-14H2,1-2H3,(H,18,22)(H2,17,19,20);1H. The molecule has 1 amide bonds. The summed E-state index contributed by atoms with van der Waals surface area (Å²) in [6.45, 7) is 10.5. The molecule has 0 radical (unpaired) electrons. The van der Waals surface area contributed by atoms with Gasteiger partial charge in [-0.2, -0.15) is 0 Å². The molecule has 0 saturated carbocycles. The van der Waals surface area contributed by atoms with Gasteiger partial charge >= 0.3 is 0 Å². The van der Waals surface area contributed by atoms with E-state index in [0.717, 1.165) is 38.6 Å². The summed E-state index contributed by atoms with van der Waals surface area (Å²) in [7, 11) is 0. The van der Waals surface area contributed by atoms with Crippen LogP contribution in [-0.4, -0.2) is 62.6 Å². The third kappa shape index (κ3) is 11.6. The largest absolute Gasteiger partial charge is 0.357 e. The van der Waals surface area contributed by atoms with Gasteiger partial charge in [-0.25, -0.2) is 0 Å². The molecular formula is C16H34IN5O. The highest BCUT2D eigenvalue weighted by molar-refractivity contribution is 14.0. The molecule has 23 heavy (non-hydrogen) atoms. The lowest BCUT2D eigenvalue weighted by atomic mass is 10.1. The summed E-state index contributed by atoms with van der Waals surface area (Å²) >= 11 is 0. The van der Waals surface area contributed by atoms with Crippen LogP contribution in [0.4, 0.5) is 0 Å². The van der Waals surface area contributed by atoms with E-state index in [4.69, 9.17) is 0 Å². The first-order chi connectivity index (χ1) is 10.8. The fourth-order valence-electron chi connectivity index (χ4n) is 2.48. The molecule has 0 aromatic heterocycles. The molecule has 6 nitrogen and oxygen atoms in total. The number of nitrogens with one attached hydrogen (secondary N) is 3. The minimum absolute atomic E-state index is 0. The van der Waals surface area contributed by atoms with E-state index in [9.17, 15) is 4.79 Å². The molecular weight excluding hydrogens is 405 g/mol. The summed E-state index contributed by atoms with van der Waals surface area (Å²) in [6, 6.07) is 0. The van der Waals surface area contributed by atoms with Crippen molar-refractivity contribution in [3.05, 3.63) is 0 Å². The Balaban J connectivity index is 0.00000484. The Bertz CT molecular complexity index is 332. The van der Waals surface area contributed by atoms with E-state index in [1.165, 1.54) is 32.4 Å². The molecule has 1 saturated heterocycles. The Morgan fingerprint density at radius 3 is 2.43 bits per heavy atom. The van der Waals surface area contributed by atoms with Crippen LogP contribution in [0.1, 0.15) is 46.0 Å². The molecule has 0 aromatic carbocycles. The number of piperidine rings is 1. The number of likely N-dealkylation sites (tertiary alicyclic amines) is 1. The molecule has 0 spiro atoms. The van der Waals surface area contributed by atoms with Gasteiger partial charge in [-0.15, -0.1) is 24.0 Å². The summed E-state index contributed by atoms with van der Waals surface area (Å²) in [6.07, 6.45) is 5.45. The highest BCUT2D eigenvalue weighted by Crippen LogP contribution is 2.07. The Labute approximate surface area is 158 Å². The van der Waals surface area contributed by atoms with E-state index >= 15 is 0 Å². The number of carbonyl (C=O) groups is 1. The van der Waals surface area contributed by atoms with Gasteiger partial charge in [0.05, 0.1) is 6.54 Å². The summed E-state index contributed by atoms with van der Waals surface area (Å²) in [4.78, 5) is 18.6. The number of amides is 1. The van der Waals surface area contributed by atoms with Crippen molar-refractivity contribution >= 4 is 35.8 Å².